The molecule has 0 fully saturated rings. The van der Waals surface area contributed by atoms with Crippen molar-refractivity contribution in [1.82, 2.24) is 9.55 Å². The van der Waals surface area contributed by atoms with Gasteiger partial charge in [-0.05, 0) is 205 Å². The molecule has 11 aromatic rings. The zero-order chi connectivity index (χ0) is 71.8. The molecule has 3 aliphatic rings. The van der Waals surface area contributed by atoms with Crippen molar-refractivity contribution in [2.24, 2.45) is 0 Å². The van der Waals surface area contributed by atoms with Crippen molar-refractivity contribution >= 4 is 21.8 Å². The molecule has 0 amide bonds. The van der Waals surface area contributed by atoms with Crippen LogP contribution in [0.4, 0.5) is 0 Å². The molecule has 0 saturated carbocycles. The van der Waals surface area contributed by atoms with Gasteiger partial charge in [-0.3, -0.25) is 4.98 Å². The minimum absolute atomic E-state index is 0.0769. The Hall–Kier alpha value is -8.07. The highest BCUT2D eigenvalue weighted by Gasteiger charge is 2.47. The van der Waals surface area contributed by atoms with Crippen molar-refractivity contribution in [3.63, 3.8) is 0 Å². The summed E-state index contributed by atoms with van der Waals surface area (Å²) in [5.41, 5.74) is 33.3. The highest BCUT2D eigenvalue weighted by molar-refractivity contribution is 6.09. The van der Waals surface area contributed by atoms with E-state index in [-0.39, 0.29) is 21.7 Å². The zero-order valence-electron chi connectivity index (χ0n) is 65.2. The molecule has 14 rings (SSSR count). The second-order valence-electron chi connectivity index (χ2n) is 33.3. The summed E-state index contributed by atoms with van der Waals surface area (Å²) in [6, 6.07) is 78.1. The van der Waals surface area contributed by atoms with Gasteiger partial charge in [0.2, 0.25) is 0 Å². The fourth-order valence-corrected chi connectivity index (χ4v) is 19.7. The number of hydrogen-bond acceptors (Lipinski definition) is 1. The number of nitrogens with zero attached hydrogens (tertiary/aromatic N) is 2. The third-order valence-electron chi connectivity index (χ3n) is 25.5. The maximum atomic E-state index is 5.15. The number of unbranched alkanes of at least 4 members (excludes halogenated alkanes) is 18. The molecule has 3 aliphatic carbocycles. The number of benzene rings is 9. The van der Waals surface area contributed by atoms with Gasteiger partial charge in [0.25, 0.3) is 0 Å². The predicted molar refractivity (Wildman–Crippen MR) is 450 cm³/mol. The minimum Gasteiger partial charge on any atom is -0.309 e. The summed E-state index contributed by atoms with van der Waals surface area (Å²) < 4.78 is 2.56. The number of rotatable bonds is 35. The molecule has 0 aliphatic heterocycles. The van der Waals surface area contributed by atoms with Crippen LogP contribution in [0.15, 0.2) is 200 Å². The quantitative estimate of drug-likeness (QED) is 0.0362. The van der Waals surface area contributed by atoms with E-state index < -0.39 is 0 Å². The topological polar surface area (TPSA) is 17.8 Å². The largest absolute Gasteiger partial charge is 0.309 e. The lowest BCUT2D eigenvalue weighted by atomic mass is 9.69. The molecule has 2 aromatic heterocycles. The van der Waals surface area contributed by atoms with Crippen molar-refractivity contribution in [1.29, 1.82) is 0 Å². The smallest absolute Gasteiger partial charge is 0.0702 e. The Kier molecular flexibility index (Phi) is 22.7. The lowest BCUT2D eigenvalue weighted by molar-refractivity contribution is 0.400. The van der Waals surface area contributed by atoms with E-state index in [9.17, 15) is 0 Å². The van der Waals surface area contributed by atoms with Gasteiger partial charge in [0.15, 0.2) is 0 Å². The van der Waals surface area contributed by atoms with E-state index in [2.05, 4.69) is 267 Å². The average Bonchev–Trinajstić information content (AvgIpc) is 1.56. The van der Waals surface area contributed by atoms with E-state index in [1.165, 1.54) is 304 Å². The van der Waals surface area contributed by atoms with Crippen LogP contribution in [0.3, 0.4) is 0 Å². The van der Waals surface area contributed by atoms with Crippen molar-refractivity contribution in [3.8, 4) is 83.7 Å². The van der Waals surface area contributed by atoms with E-state index in [0.717, 1.165) is 5.69 Å². The number of pyridine rings is 1. The Morgan fingerprint density at radius 3 is 0.875 bits per heavy atom. The second kappa shape index (κ2) is 32.3. The summed E-state index contributed by atoms with van der Waals surface area (Å²) in [5.74, 6) is 0. The van der Waals surface area contributed by atoms with Crippen molar-refractivity contribution < 1.29 is 0 Å². The van der Waals surface area contributed by atoms with Crippen LogP contribution in [0.2, 0.25) is 0 Å². The number of aromatic nitrogens is 2. The van der Waals surface area contributed by atoms with Gasteiger partial charge in [-0.1, -0.05) is 350 Å². The number of para-hydroxylation sites is 2. The van der Waals surface area contributed by atoms with E-state index >= 15 is 0 Å². The number of fused-ring (bicyclic) bond motifs is 12. The summed E-state index contributed by atoms with van der Waals surface area (Å²) >= 11 is 0. The molecular formula is C102H120N2. The Labute approximate surface area is 627 Å². The summed E-state index contributed by atoms with van der Waals surface area (Å²) in [7, 11) is 0. The summed E-state index contributed by atoms with van der Waals surface area (Å²) in [5, 5.41) is 2.65. The molecule has 2 nitrogen and oxygen atoms in total. The molecule has 9 aromatic carbocycles. The molecule has 0 N–H and O–H groups in total. The fourth-order valence-electron chi connectivity index (χ4n) is 19.7. The molecule has 2 heteroatoms. The van der Waals surface area contributed by atoms with Gasteiger partial charge in [-0.15, -0.1) is 0 Å². The van der Waals surface area contributed by atoms with Crippen LogP contribution in [0.1, 0.15) is 294 Å². The Bertz CT molecular complexity index is 4660. The average molecular weight is 1370 g/mol. The maximum absolute atomic E-state index is 5.15. The molecule has 538 valence electrons. The van der Waals surface area contributed by atoms with Crippen molar-refractivity contribution in [2.45, 2.75) is 277 Å². The zero-order valence-corrected chi connectivity index (χ0v) is 65.2. The van der Waals surface area contributed by atoms with Gasteiger partial charge in [0.1, 0.15) is 0 Å². The van der Waals surface area contributed by atoms with Crippen molar-refractivity contribution in [3.05, 3.63) is 239 Å². The Balaban J connectivity index is 0.865. The molecular weight excluding hydrogens is 1250 g/mol. The van der Waals surface area contributed by atoms with Gasteiger partial charge >= 0.3 is 0 Å². The molecule has 0 spiro atoms. The van der Waals surface area contributed by atoms with Crippen LogP contribution in [0.5, 0.6) is 0 Å². The Morgan fingerprint density at radius 1 is 0.279 bits per heavy atom. The lowest BCUT2D eigenvalue weighted by Gasteiger charge is -2.34. The van der Waals surface area contributed by atoms with Crippen LogP contribution in [0, 0.1) is 0 Å². The SMILES string of the molecule is CCCCCCC1(CCCCCC)c2cc(-c3ccc(-c4ccc(C(C)(C)C)cc4)nc3)ccc2-c2ccc(-c3ccc4c(c3)C(CCCCCC)(CCCCCC)c3cc(-c5ccc6c(c5)C(CCCCCC)(CCCCCC)c5cc(-n7c8ccccc8c8ccccc87)ccc5-6)ccc3-4)cc21. The highest BCUT2D eigenvalue weighted by Crippen LogP contribution is 2.60. The first-order chi connectivity index (χ1) is 50.9. The molecule has 0 bridgehead atoms. The van der Waals surface area contributed by atoms with Gasteiger partial charge in [0.05, 0.1) is 16.7 Å². The van der Waals surface area contributed by atoms with Gasteiger partial charge in [0, 0.05) is 50.0 Å². The monoisotopic (exact) mass is 1370 g/mol. The third kappa shape index (κ3) is 14.1. The van der Waals surface area contributed by atoms with Crippen LogP contribution in [-0.4, -0.2) is 9.55 Å². The lowest BCUT2D eigenvalue weighted by Crippen LogP contribution is -2.26. The highest BCUT2D eigenvalue weighted by atomic mass is 15.0. The summed E-state index contributed by atoms with van der Waals surface area (Å²) in [4.78, 5) is 5.15. The van der Waals surface area contributed by atoms with Crippen LogP contribution >= 0.6 is 0 Å². The summed E-state index contributed by atoms with van der Waals surface area (Å²) in [6.45, 7) is 21.1. The normalized spacial score (nSPS) is 14.2. The van der Waals surface area contributed by atoms with Crippen LogP contribution in [0.25, 0.3) is 106 Å². The predicted octanol–water partition coefficient (Wildman–Crippen LogP) is 30.8. The first-order valence-corrected chi connectivity index (χ1v) is 41.9. The maximum Gasteiger partial charge on any atom is 0.0702 e. The first-order valence-electron chi connectivity index (χ1n) is 41.9. The second-order valence-corrected chi connectivity index (χ2v) is 33.3. The molecule has 2 heterocycles. The standard InChI is InChI=1S/C102H120N2/c1-10-16-22-32-60-100(61-33-23-17-11-2)90-66-74(75-46-55-84-85-57-48-78(79-49-59-96(103-72-79)73-42-50-80(51-43-73)99(7,8)9)70-94(85)101(92(84)68-75,62-34-24-18-12-3)63-35-25-19-13-4)44-53-82(90)83-54-45-76(67-91(83)100)77-47-56-86-87-58-52-81(104-97-40-30-28-38-88(97)89-39-29-31-41-98(89)104)71-95(87)102(93(86)69-77,64-36-26-20-14-5)65-37-27-21-15-6/h28-31,38-59,66-72H,10-27,32-37,60-65H2,1-9H3. The van der Waals surface area contributed by atoms with Gasteiger partial charge in [-0.25, -0.2) is 0 Å². The van der Waals surface area contributed by atoms with E-state index in [0.29, 0.717) is 0 Å². The minimum atomic E-state index is -0.0910. The van der Waals surface area contributed by atoms with Gasteiger partial charge < -0.3 is 4.57 Å². The molecule has 0 unspecified atom stereocenters. The van der Waals surface area contributed by atoms with Crippen LogP contribution < -0.4 is 0 Å². The van der Waals surface area contributed by atoms with Crippen LogP contribution in [-0.2, 0) is 21.7 Å². The van der Waals surface area contributed by atoms with E-state index in [4.69, 9.17) is 4.98 Å². The third-order valence-corrected chi connectivity index (χ3v) is 25.5. The first kappa shape index (κ1) is 72.9. The Morgan fingerprint density at radius 2 is 0.567 bits per heavy atom. The molecule has 0 radical (unpaired) electrons. The summed E-state index contributed by atoms with van der Waals surface area (Å²) in [6.07, 6.45) is 39.5. The molecule has 0 atom stereocenters. The van der Waals surface area contributed by atoms with E-state index in [1.54, 1.807) is 27.8 Å². The van der Waals surface area contributed by atoms with Gasteiger partial charge in [-0.2, -0.15) is 0 Å². The molecule has 104 heavy (non-hydrogen) atoms. The van der Waals surface area contributed by atoms with Crippen molar-refractivity contribution in [2.75, 3.05) is 0 Å². The van der Waals surface area contributed by atoms with E-state index in [1.807, 2.05) is 0 Å². The fraction of sp³-hybridized carbons (Fsp3) is 0.422. The number of hydrogen-bond donors (Lipinski definition) is 0. The molecule has 0 saturated heterocycles.